The van der Waals surface area contributed by atoms with Gasteiger partial charge < -0.3 is 5.73 Å². The SMILES string of the molecule is CCCc1nc(CC(C)C)c(N)s1. The molecule has 0 saturated heterocycles. The number of nitrogens with zero attached hydrogens (tertiary/aromatic N) is 1. The summed E-state index contributed by atoms with van der Waals surface area (Å²) in [6, 6.07) is 0. The van der Waals surface area contributed by atoms with Crippen molar-refractivity contribution < 1.29 is 0 Å². The normalized spacial score (nSPS) is 11.1. The van der Waals surface area contributed by atoms with Gasteiger partial charge in [0.25, 0.3) is 0 Å². The van der Waals surface area contributed by atoms with E-state index >= 15 is 0 Å². The van der Waals surface area contributed by atoms with E-state index in [1.165, 1.54) is 5.01 Å². The Kier molecular flexibility index (Phi) is 3.72. The lowest BCUT2D eigenvalue weighted by Gasteiger charge is -2.00. The van der Waals surface area contributed by atoms with Crippen LogP contribution in [-0.4, -0.2) is 4.98 Å². The quantitative estimate of drug-likeness (QED) is 0.808. The molecule has 1 aromatic rings. The highest BCUT2D eigenvalue weighted by atomic mass is 32.1. The van der Waals surface area contributed by atoms with Crippen LogP contribution in [0.5, 0.6) is 0 Å². The van der Waals surface area contributed by atoms with Crippen LogP contribution in [0.3, 0.4) is 0 Å². The van der Waals surface area contributed by atoms with E-state index < -0.39 is 0 Å². The Labute approximate surface area is 84.2 Å². The Morgan fingerprint density at radius 3 is 2.69 bits per heavy atom. The molecule has 0 spiro atoms. The van der Waals surface area contributed by atoms with Crippen LogP contribution in [0.15, 0.2) is 0 Å². The number of thiazole rings is 1. The molecule has 0 aliphatic heterocycles. The zero-order valence-electron chi connectivity index (χ0n) is 8.63. The molecule has 2 nitrogen and oxygen atoms in total. The maximum absolute atomic E-state index is 5.88. The Hall–Kier alpha value is -0.570. The maximum atomic E-state index is 5.88. The third-order valence-electron chi connectivity index (χ3n) is 1.84. The van der Waals surface area contributed by atoms with Crippen molar-refractivity contribution in [3.8, 4) is 0 Å². The van der Waals surface area contributed by atoms with Crippen LogP contribution >= 0.6 is 11.3 Å². The molecule has 3 heteroatoms. The fraction of sp³-hybridized carbons (Fsp3) is 0.700. The topological polar surface area (TPSA) is 38.9 Å². The van der Waals surface area contributed by atoms with Crippen LogP contribution in [0.4, 0.5) is 5.00 Å². The first kappa shape index (κ1) is 10.5. The van der Waals surface area contributed by atoms with Crippen LogP contribution in [0, 0.1) is 5.92 Å². The minimum Gasteiger partial charge on any atom is -0.389 e. The van der Waals surface area contributed by atoms with Crippen molar-refractivity contribution in [2.24, 2.45) is 5.92 Å². The largest absolute Gasteiger partial charge is 0.389 e. The Balaban J connectivity index is 2.71. The van der Waals surface area contributed by atoms with E-state index in [0.29, 0.717) is 5.92 Å². The molecule has 0 aliphatic carbocycles. The Bertz CT molecular complexity index is 266. The molecule has 0 bridgehead atoms. The summed E-state index contributed by atoms with van der Waals surface area (Å²) in [5, 5.41) is 2.10. The zero-order valence-corrected chi connectivity index (χ0v) is 9.45. The van der Waals surface area contributed by atoms with Crippen LogP contribution < -0.4 is 5.73 Å². The van der Waals surface area contributed by atoms with Gasteiger partial charge in [-0.3, -0.25) is 0 Å². The predicted molar refractivity (Wildman–Crippen MR) is 59.1 cm³/mol. The van der Waals surface area contributed by atoms with E-state index in [1.807, 2.05) is 0 Å². The summed E-state index contributed by atoms with van der Waals surface area (Å²) >= 11 is 1.65. The number of anilines is 1. The van der Waals surface area contributed by atoms with Gasteiger partial charge in [-0.2, -0.15) is 0 Å². The highest BCUT2D eigenvalue weighted by Crippen LogP contribution is 2.24. The number of rotatable bonds is 4. The number of aromatic nitrogens is 1. The summed E-state index contributed by atoms with van der Waals surface area (Å²) in [5.74, 6) is 0.638. The second-order valence-electron chi connectivity index (χ2n) is 3.77. The van der Waals surface area contributed by atoms with Gasteiger partial charge in [0.15, 0.2) is 0 Å². The summed E-state index contributed by atoms with van der Waals surface area (Å²) in [6.07, 6.45) is 3.22. The van der Waals surface area contributed by atoms with Crippen molar-refractivity contribution in [3.05, 3.63) is 10.7 Å². The van der Waals surface area contributed by atoms with Gasteiger partial charge in [-0.25, -0.2) is 4.98 Å². The van der Waals surface area contributed by atoms with Gasteiger partial charge in [0.05, 0.1) is 10.7 Å². The van der Waals surface area contributed by atoms with E-state index in [2.05, 4.69) is 25.8 Å². The average Bonchev–Trinajstić information content (AvgIpc) is 2.31. The van der Waals surface area contributed by atoms with Gasteiger partial charge in [-0.15, -0.1) is 11.3 Å². The van der Waals surface area contributed by atoms with Gasteiger partial charge in [0, 0.05) is 0 Å². The molecule has 13 heavy (non-hydrogen) atoms. The first-order chi connectivity index (χ1) is 6.13. The number of nitrogens with two attached hydrogens (primary N) is 1. The second kappa shape index (κ2) is 4.61. The molecule has 0 amide bonds. The maximum Gasteiger partial charge on any atom is 0.109 e. The van der Waals surface area contributed by atoms with Gasteiger partial charge >= 0.3 is 0 Å². The van der Waals surface area contributed by atoms with E-state index in [9.17, 15) is 0 Å². The van der Waals surface area contributed by atoms with Gasteiger partial charge in [0.1, 0.15) is 5.00 Å². The first-order valence-electron chi connectivity index (χ1n) is 4.87. The van der Waals surface area contributed by atoms with Gasteiger partial charge in [0.2, 0.25) is 0 Å². The molecule has 0 fully saturated rings. The summed E-state index contributed by atoms with van der Waals surface area (Å²) in [5.41, 5.74) is 6.98. The van der Waals surface area contributed by atoms with E-state index in [1.54, 1.807) is 11.3 Å². The molecule has 0 saturated carbocycles. The van der Waals surface area contributed by atoms with Crippen molar-refractivity contribution in [2.75, 3.05) is 5.73 Å². The molecule has 0 atom stereocenters. The number of nitrogen functional groups attached to an aromatic ring is 1. The summed E-state index contributed by atoms with van der Waals surface area (Å²) < 4.78 is 0. The molecular weight excluding hydrogens is 180 g/mol. The average molecular weight is 198 g/mol. The van der Waals surface area contributed by atoms with Crippen molar-refractivity contribution in [1.29, 1.82) is 0 Å². The summed E-state index contributed by atoms with van der Waals surface area (Å²) in [7, 11) is 0. The molecule has 1 aromatic heterocycles. The lowest BCUT2D eigenvalue weighted by Crippen LogP contribution is -1.98. The van der Waals surface area contributed by atoms with E-state index in [-0.39, 0.29) is 0 Å². The van der Waals surface area contributed by atoms with Crippen molar-refractivity contribution in [2.45, 2.75) is 40.0 Å². The van der Waals surface area contributed by atoms with Crippen LogP contribution in [-0.2, 0) is 12.8 Å². The minimum absolute atomic E-state index is 0.638. The standard InChI is InChI=1S/C10H18N2S/c1-4-5-9-12-8(6-7(2)3)10(11)13-9/h7H,4-6,11H2,1-3H3. The summed E-state index contributed by atoms with van der Waals surface area (Å²) in [4.78, 5) is 4.53. The van der Waals surface area contributed by atoms with E-state index in [0.717, 1.165) is 30.0 Å². The van der Waals surface area contributed by atoms with Crippen LogP contribution in [0.1, 0.15) is 37.9 Å². The lowest BCUT2D eigenvalue weighted by molar-refractivity contribution is 0.637. The molecular formula is C10H18N2S. The molecule has 0 unspecified atom stereocenters. The molecule has 74 valence electrons. The third kappa shape index (κ3) is 2.99. The predicted octanol–water partition coefficient (Wildman–Crippen LogP) is 2.88. The first-order valence-corrected chi connectivity index (χ1v) is 5.69. The Morgan fingerprint density at radius 1 is 1.46 bits per heavy atom. The molecule has 0 aliphatic rings. The summed E-state index contributed by atoms with van der Waals surface area (Å²) in [6.45, 7) is 6.55. The number of hydrogen-bond acceptors (Lipinski definition) is 3. The highest BCUT2D eigenvalue weighted by Gasteiger charge is 2.08. The molecule has 2 N–H and O–H groups in total. The third-order valence-corrected chi connectivity index (χ3v) is 2.82. The number of hydrogen-bond donors (Lipinski definition) is 1. The van der Waals surface area contributed by atoms with Gasteiger partial charge in [-0.1, -0.05) is 20.8 Å². The lowest BCUT2D eigenvalue weighted by atomic mass is 10.1. The minimum atomic E-state index is 0.638. The second-order valence-corrected chi connectivity index (χ2v) is 4.88. The highest BCUT2D eigenvalue weighted by molar-refractivity contribution is 7.15. The molecule has 0 aromatic carbocycles. The number of aryl methyl sites for hydroxylation is 1. The van der Waals surface area contributed by atoms with Crippen molar-refractivity contribution in [3.63, 3.8) is 0 Å². The van der Waals surface area contributed by atoms with Crippen LogP contribution in [0.25, 0.3) is 0 Å². The van der Waals surface area contributed by atoms with Gasteiger partial charge in [-0.05, 0) is 25.2 Å². The fourth-order valence-corrected chi connectivity index (χ4v) is 2.23. The fourth-order valence-electron chi connectivity index (χ4n) is 1.27. The van der Waals surface area contributed by atoms with E-state index in [4.69, 9.17) is 5.73 Å². The van der Waals surface area contributed by atoms with Crippen molar-refractivity contribution in [1.82, 2.24) is 4.98 Å². The molecule has 1 rings (SSSR count). The molecule has 0 radical (unpaired) electrons. The molecule has 1 heterocycles. The zero-order chi connectivity index (χ0) is 9.84. The smallest absolute Gasteiger partial charge is 0.109 e. The monoisotopic (exact) mass is 198 g/mol. The van der Waals surface area contributed by atoms with Crippen LogP contribution in [0.2, 0.25) is 0 Å². The Morgan fingerprint density at radius 2 is 2.15 bits per heavy atom. The van der Waals surface area contributed by atoms with Crippen molar-refractivity contribution >= 4 is 16.3 Å².